The zero-order valence-electron chi connectivity index (χ0n) is 10.7. The molecule has 5 nitrogen and oxygen atoms in total. The minimum atomic E-state index is -4.02. The second kappa shape index (κ2) is 5.94. The number of anilines is 1. The van der Waals surface area contributed by atoms with Gasteiger partial charge in [-0.25, -0.2) is 0 Å². The first kappa shape index (κ1) is 14.4. The number of hydrogen-bond acceptors (Lipinski definition) is 4. The van der Waals surface area contributed by atoms with E-state index in [1.54, 1.807) is 30.3 Å². The molecule has 2 rings (SSSR count). The molecule has 0 atom stereocenters. The minimum absolute atomic E-state index is 0.131. The van der Waals surface area contributed by atoms with E-state index < -0.39 is 10.1 Å². The third kappa shape index (κ3) is 3.97. The van der Waals surface area contributed by atoms with Crippen molar-refractivity contribution in [3.8, 4) is 11.5 Å². The Hall–Kier alpha value is -2.05. The van der Waals surface area contributed by atoms with E-state index in [9.17, 15) is 8.42 Å². The number of nitrogen functional groups attached to an aromatic ring is 1. The SMILES string of the molecule is Nc1cccc(CCS(=O)(=O)O)c1Oc1ccccc1. The van der Waals surface area contributed by atoms with Gasteiger partial charge in [-0.15, -0.1) is 0 Å². The van der Waals surface area contributed by atoms with E-state index >= 15 is 0 Å². The Labute approximate surface area is 117 Å². The smallest absolute Gasteiger partial charge is 0.265 e. The topological polar surface area (TPSA) is 89.6 Å². The van der Waals surface area contributed by atoms with Crippen LogP contribution in [0.1, 0.15) is 5.56 Å². The highest BCUT2D eigenvalue weighted by atomic mass is 32.2. The summed E-state index contributed by atoms with van der Waals surface area (Å²) in [7, 11) is -4.02. The maximum absolute atomic E-state index is 10.8. The van der Waals surface area contributed by atoms with Gasteiger partial charge >= 0.3 is 0 Å². The molecule has 0 aliphatic carbocycles. The first-order valence-electron chi connectivity index (χ1n) is 6.01. The lowest BCUT2D eigenvalue weighted by Gasteiger charge is -2.13. The minimum Gasteiger partial charge on any atom is -0.455 e. The van der Waals surface area contributed by atoms with Gasteiger partial charge in [-0.1, -0.05) is 30.3 Å². The molecule has 0 fully saturated rings. The van der Waals surface area contributed by atoms with Gasteiger partial charge in [0, 0.05) is 0 Å². The normalized spacial score (nSPS) is 11.2. The van der Waals surface area contributed by atoms with Crippen molar-refractivity contribution < 1.29 is 17.7 Å². The number of hydrogen-bond donors (Lipinski definition) is 2. The molecule has 0 heterocycles. The second-order valence-corrected chi connectivity index (χ2v) is 5.86. The molecule has 2 aromatic carbocycles. The highest BCUT2D eigenvalue weighted by Crippen LogP contribution is 2.31. The van der Waals surface area contributed by atoms with E-state index in [-0.39, 0.29) is 12.2 Å². The van der Waals surface area contributed by atoms with Crippen LogP contribution >= 0.6 is 0 Å². The summed E-state index contributed by atoms with van der Waals surface area (Å²) in [6.45, 7) is 0. The molecule has 0 spiro atoms. The van der Waals surface area contributed by atoms with Gasteiger partial charge in [0.2, 0.25) is 0 Å². The maximum atomic E-state index is 10.8. The zero-order chi connectivity index (χ0) is 14.6. The van der Waals surface area contributed by atoms with Crippen molar-refractivity contribution >= 4 is 15.8 Å². The first-order chi connectivity index (χ1) is 9.46. The molecule has 0 bridgehead atoms. The number of para-hydroxylation sites is 2. The van der Waals surface area contributed by atoms with E-state index in [1.807, 2.05) is 18.2 Å². The van der Waals surface area contributed by atoms with Gasteiger partial charge in [-0.2, -0.15) is 8.42 Å². The molecule has 3 N–H and O–H groups in total. The van der Waals surface area contributed by atoms with Crippen molar-refractivity contribution in [3.63, 3.8) is 0 Å². The van der Waals surface area contributed by atoms with Gasteiger partial charge < -0.3 is 10.5 Å². The fourth-order valence-electron chi connectivity index (χ4n) is 1.77. The van der Waals surface area contributed by atoms with Crippen LogP contribution in [0.4, 0.5) is 5.69 Å². The molecular weight excluding hydrogens is 278 g/mol. The van der Waals surface area contributed by atoms with Crippen molar-refractivity contribution in [2.45, 2.75) is 6.42 Å². The second-order valence-electron chi connectivity index (χ2n) is 4.29. The molecule has 0 unspecified atom stereocenters. The predicted molar refractivity (Wildman–Crippen MR) is 77.5 cm³/mol. The first-order valence-corrected chi connectivity index (χ1v) is 7.62. The molecule has 0 saturated carbocycles. The molecular formula is C14H15NO4S. The third-order valence-electron chi connectivity index (χ3n) is 2.72. The van der Waals surface area contributed by atoms with Crippen LogP contribution in [0.25, 0.3) is 0 Å². The molecule has 0 aromatic heterocycles. The monoisotopic (exact) mass is 293 g/mol. The molecule has 2 aromatic rings. The summed E-state index contributed by atoms with van der Waals surface area (Å²) in [5, 5.41) is 0. The molecule has 0 amide bonds. The Morgan fingerprint density at radius 3 is 2.40 bits per heavy atom. The molecule has 0 radical (unpaired) electrons. The predicted octanol–water partition coefficient (Wildman–Crippen LogP) is 2.49. The lowest BCUT2D eigenvalue weighted by molar-refractivity contribution is 0.474. The van der Waals surface area contributed by atoms with Crippen LogP contribution in [0.15, 0.2) is 48.5 Å². The standard InChI is InChI=1S/C14H15NO4S/c15-13-8-4-5-11(9-10-20(16,17)18)14(13)19-12-6-2-1-3-7-12/h1-8H,9-10,15H2,(H,16,17,18). The molecule has 0 aliphatic heterocycles. The Kier molecular flexibility index (Phi) is 4.26. The van der Waals surface area contributed by atoms with Gasteiger partial charge in [-0.05, 0) is 30.2 Å². The Morgan fingerprint density at radius 2 is 1.75 bits per heavy atom. The largest absolute Gasteiger partial charge is 0.455 e. The quantitative estimate of drug-likeness (QED) is 0.653. The molecule has 6 heteroatoms. The van der Waals surface area contributed by atoms with Crippen molar-refractivity contribution in [1.82, 2.24) is 0 Å². The number of nitrogens with two attached hydrogens (primary N) is 1. The van der Waals surface area contributed by atoms with E-state index in [0.717, 1.165) is 0 Å². The average Bonchev–Trinajstić information content (AvgIpc) is 2.40. The van der Waals surface area contributed by atoms with E-state index in [1.165, 1.54) is 0 Å². The van der Waals surface area contributed by atoms with E-state index in [4.69, 9.17) is 15.0 Å². The van der Waals surface area contributed by atoms with Gasteiger partial charge in [0.05, 0.1) is 11.4 Å². The Morgan fingerprint density at radius 1 is 1.05 bits per heavy atom. The van der Waals surface area contributed by atoms with Crippen LogP contribution in [0.3, 0.4) is 0 Å². The van der Waals surface area contributed by atoms with Crippen molar-refractivity contribution in [1.29, 1.82) is 0 Å². The van der Waals surface area contributed by atoms with E-state index in [2.05, 4.69) is 0 Å². The molecule has 0 aliphatic rings. The van der Waals surface area contributed by atoms with E-state index in [0.29, 0.717) is 22.7 Å². The van der Waals surface area contributed by atoms with Crippen molar-refractivity contribution in [2.24, 2.45) is 0 Å². The summed E-state index contributed by atoms with van der Waals surface area (Å²) >= 11 is 0. The lowest BCUT2D eigenvalue weighted by Crippen LogP contribution is -2.08. The lowest BCUT2D eigenvalue weighted by atomic mass is 10.1. The number of aryl methyl sites for hydroxylation is 1. The van der Waals surface area contributed by atoms with Crippen LogP contribution in [0.5, 0.6) is 11.5 Å². The molecule has 0 saturated heterocycles. The summed E-state index contributed by atoms with van der Waals surface area (Å²) in [5.41, 5.74) is 6.92. The maximum Gasteiger partial charge on any atom is 0.265 e. The number of benzene rings is 2. The summed E-state index contributed by atoms with van der Waals surface area (Å²) in [4.78, 5) is 0. The van der Waals surface area contributed by atoms with Crippen molar-refractivity contribution in [2.75, 3.05) is 11.5 Å². The van der Waals surface area contributed by atoms with Crippen LogP contribution in [0, 0.1) is 0 Å². The Balaban J connectivity index is 2.27. The number of ether oxygens (including phenoxy) is 1. The highest BCUT2D eigenvalue weighted by molar-refractivity contribution is 7.85. The Bertz CT molecular complexity index is 684. The summed E-state index contributed by atoms with van der Waals surface area (Å²) in [6.07, 6.45) is 0.131. The molecule has 20 heavy (non-hydrogen) atoms. The van der Waals surface area contributed by atoms with Gasteiger partial charge in [0.25, 0.3) is 10.1 Å². The fraction of sp³-hybridized carbons (Fsp3) is 0.143. The molecule has 106 valence electrons. The zero-order valence-corrected chi connectivity index (χ0v) is 11.5. The summed E-state index contributed by atoms with van der Waals surface area (Å²) in [6, 6.07) is 14.2. The van der Waals surface area contributed by atoms with Crippen LogP contribution < -0.4 is 10.5 Å². The summed E-state index contributed by atoms with van der Waals surface area (Å²) < 4.78 is 36.2. The van der Waals surface area contributed by atoms with Crippen LogP contribution in [-0.4, -0.2) is 18.7 Å². The van der Waals surface area contributed by atoms with Crippen LogP contribution in [0.2, 0.25) is 0 Å². The third-order valence-corrected chi connectivity index (χ3v) is 3.44. The average molecular weight is 293 g/mol. The summed E-state index contributed by atoms with van der Waals surface area (Å²) in [5.74, 6) is 0.655. The highest BCUT2D eigenvalue weighted by Gasteiger charge is 2.12. The van der Waals surface area contributed by atoms with Gasteiger partial charge in [0.1, 0.15) is 5.75 Å². The number of rotatable bonds is 5. The van der Waals surface area contributed by atoms with Gasteiger partial charge in [0.15, 0.2) is 5.75 Å². The van der Waals surface area contributed by atoms with Crippen molar-refractivity contribution in [3.05, 3.63) is 54.1 Å². The van der Waals surface area contributed by atoms with Gasteiger partial charge in [-0.3, -0.25) is 4.55 Å². The fourth-order valence-corrected chi connectivity index (χ4v) is 2.25. The van der Waals surface area contributed by atoms with Crippen LogP contribution in [-0.2, 0) is 16.5 Å².